The van der Waals surface area contributed by atoms with Crippen molar-refractivity contribution < 1.29 is 9.47 Å². The van der Waals surface area contributed by atoms with Gasteiger partial charge in [0.15, 0.2) is 11.5 Å². The summed E-state index contributed by atoms with van der Waals surface area (Å²) >= 11 is 0. The summed E-state index contributed by atoms with van der Waals surface area (Å²) in [4.78, 5) is 4.81. The minimum atomic E-state index is 0.109. The number of benzene rings is 1. The first-order valence-electron chi connectivity index (χ1n) is 7.71. The van der Waals surface area contributed by atoms with E-state index in [1.54, 1.807) is 14.2 Å². The third-order valence-electron chi connectivity index (χ3n) is 4.07. The molecular weight excluding hydrogens is 278 g/mol. The van der Waals surface area contributed by atoms with Gasteiger partial charge in [-0.15, -0.1) is 0 Å². The highest BCUT2D eigenvalue weighted by Crippen LogP contribution is 2.28. The van der Waals surface area contributed by atoms with Crippen LogP contribution in [0.2, 0.25) is 0 Å². The first kappa shape index (κ1) is 16.6. The zero-order valence-corrected chi connectivity index (χ0v) is 13.7. The second-order valence-electron chi connectivity index (χ2n) is 5.80. The van der Waals surface area contributed by atoms with E-state index >= 15 is 0 Å². The largest absolute Gasteiger partial charge is 0.493 e. The first-order chi connectivity index (χ1) is 10.7. The molecule has 1 aliphatic rings. The average Bonchev–Trinajstić information content (AvgIpc) is 2.56. The lowest BCUT2D eigenvalue weighted by molar-refractivity contribution is 0.121. The van der Waals surface area contributed by atoms with Crippen LogP contribution in [0, 0.1) is 17.2 Å². The van der Waals surface area contributed by atoms with E-state index in [0.29, 0.717) is 0 Å². The predicted octanol–water partition coefficient (Wildman–Crippen LogP) is 1.98. The molecule has 0 saturated carbocycles. The Kier molecular flexibility index (Phi) is 6.05. The summed E-state index contributed by atoms with van der Waals surface area (Å²) < 4.78 is 10.6. The van der Waals surface area contributed by atoms with Gasteiger partial charge in [0.05, 0.1) is 26.2 Å². The number of hydrogen-bond donors (Lipinski definition) is 0. The highest BCUT2D eigenvalue weighted by molar-refractivity contribution is 5.42. The van der Waals surface area contributed by atoms with Gasteiger partial charge in [-0.05, 0) is 24.6 Å². The van der Waals surface area contributed by atoms with Crippen molar-refractivity contribution >= 4 is 0 Å². The van der Waals surface area contributed by atoms with E-state index in [-0.39, 0.29) is 5.92 Å². The van der Waals surface area contributed by atoms with E-state index in [1.807, 2.05) is 19.1 Å². The van der Waals surface area contributed by atoms with Crippen LogP contribution in [0.3, 0.4) is 0 Å². The van der Waals surface area contributed by atoms with E-state index < -0.39 is 0 Å². The van der Waals surface area contributed by atoms with Crippen molar-refractivity contribution in [3.63, 3.8) is 0 Å². The van der Waals surface area contributed by atoms with E-state index in [2.05, 4.69) is 21.9 Å². The van der Waals surface area contributed by atoms with E-state index in [9.17, 15) is 0 Å². The molecule has 1 aliphatic heterocycles. The van der Waals surface area contributed by atoms with Crippen LogP contribution in [0.15, 0.2) is 18.2 Å². The maximum Gasteiger partial charge on any atom is 0.161 e. The number of nitrogens with zero attached hydrogens (tertiary/aromatic N) is 3. The Hall–Kier alpha value is -1.77. The van der Waals surface area contributed by atoms with Gasteiger partial charge in [0.1, 0.15) is 0 Å². The summed E-state index contributed by atoms with van der Waals surface area (Å²) in [6, 6.07) is 8.40. The zero-order chi connectivity index (χ0) is 15.9. The summed E-state index contributed by atoms with van der Waals surface area (Å²) in [5.74, 6) is 1.65. The van der Waals surface area contributed by atoms with Crippen LogP contribution < -0.4 is 9.47 Å². The third kappa shape index (κ3) is 4.36. The van der Waals surface area contributed by atoms with Gasteiger partial charge in [0, 0.05) is 39.3 Å². The molecule has 1 saturated heterocycles. The Morgan fingerprint density at radius 3 is 2.32 bits per heavy atom. The zero-order valence-electron chi connectivity index (χ0n) is 13.7. The van der Waals surface area contributed by atoms with Gasteiger partial charge in [0.25, 0.3) is 0 Å². The summed E-state index contributed by atoms with van der Waals surface area (Å²) in [5.41, 5.74) is 1.23. The van der Waals surface area contributed by atoms with Crippen LogP contribution in [0.1, 0.15) is 12.5 Å². The number of rotatable bonds is 6. The Balaban J connectivity index is 1.87. The Morgan fingerprint density at radius 2 is 1.73 bits per heavy atom. The van der Waals surface area contributed by atoms with Gasteiger partial charge in [-0.3, -0.25) is 9.80 Å². The molecular formula is C17H25N3O2. The van der Waals surface area contributed by atoms with Gasteiger partial charge in [-0.25, -0.2) is 0 Å². The Morgan fingerprint density at radius 1 is 1.09 bits per heavy atom. The van der Waals surface area contributed by atoms with Crippen LogP contribution in [-0.4, -0.2) is 56.7 Å². The van der Waals surface area contributed by atoms with E-state index in [1.165, 1.54) is 5.56 Å². The SMILES string of the molecule is COc1ccc(CN2CCN(C[C@H](C)C#N)CC2)cc1OC. The average molecular weight is 303 g/mol. The normalized spacial score (nSPS) is 17.7. The van der Waals surface area contributed by atoms with Crippen LogP contribution in [0.4, 0.5) is 0 Å². The van der Waals surface area contributed by atoms with Crippen LogP contribution in [-0.2, 0) is 6.54 Å². The number of piperazine rings is 1. The molecule has 1 atom stereocenters. The minimum absolute atomic E-state index is 0.109. The fraction of sp³-hybridized carbons (Fsp3) is 0.588. The van der Waals surface area contributed by atoms with Crippen molar-refractivity contribution in [2.75, 3.05) is 46.9 Å². The van der Waals surface area contributed by atoms with Crippen molar-refractivity contribution in [2.45, 2.75) is 13.5 Å². The fourth-order valence-electron chi connectivity index (χ4n) is 2.80. The van der Waals surface area contributed by atoms with Gasteiger partial charge in [-0.2, -0.15) is 5.26 Å². The molecule has 0 amide bonds. The van der Waals surface area contributed by atoms with Crippen molar-refractivity contribution in [3.05, 3.63) is 23.8 Å². The van der Waals surface area contributed by atoms with Gasteiger partial charge < -0.3 is 9.47 Å². The van der Waals surface area contributed by atoms with Gasteiger partial charge in [0.2, 0.25) is 0 Å². The summed E-state index contributed by atoms with van der Waals surface area (Å²) in [7, 11) is 3.32. The summed E-state index contributed by atoms with van der Waals surface area (Å²) in [6.45, 7) is 7.90. The smallest absolute Gasteiger partial charge is 0.161 e. The molecule has 0 radical (unpaired) electrons. The molecule has 1 heterocycles. The molecule has 1 aromatic carbocycles. The van der Waals surface area contributed by atoms with Gasteiger partial charge in [-0.1, -0.05) is 6.07 Å². The lowest BCUT2D eigenvalue weighted by Crippen LogP contribution is -2.47. The predicted molar refractivity (Wildman–Crippen MR) is 86.0 cm³/mol. The van der Waals surface area contributed by atoms with Crippen molar-refractivity contribution in [2.24, 2.45) is 5.92 Å². The molecule has 0 spiro atoms. The molecule has 5 heteroatoms. The molecule has 1 aromatic rings. The molecule has 120 valence electrons. The van der Waals surface area contributed by atoms with Crippen LogP contribution in [0.5, 0.6) is 11.5 Å². The van der Waals surface area contributed by atoms with Crippen molar-refractivity contribution in [3.8, 4) is 17.6 Å². The second-order valence-corrected chi connectivity index (χ2v) is 5.80. The van der Waals surface area contributed by atoms with Crippen molar-refractivity contribution in [1.82, 2.24) is 9.80 Å². The monoisotopic (exact) mass is 303 g/mol. The molecule has 22 heavy (non-hydrogen) atoms. The number of ether oxygens (including phenoxy) is 2. The first-order valence-corrected chi connectivity index (χ1v) is 7.71. The Labute approximate surface area is 133 Å². The summed E-state index contributed by atoms with van der Waals surface area (Å²) in [6.07, 6.45) is 0. The topological polar surface area (TPSA) is 48.7 Å². The molecule has 2 rings (SSSR count). The van der Waals surface area contributed by atoms with Crippen LogP contribution in [0.25, 0.3) is 0 Å². The van der Waals surface area contributed by atoms with Gasteiger partial charge >= 0.3 is 0 Å². The number of nitriles is 1. The minimum Gasteiger partial charge on any atom is -0.493 e. The molecule has 5 nitrogen and oxygen atoms in total. The number of hydrogen-bond acceptors (Lipinski definition) is 5. The lowest BCUT2D eigenvalue weighted by atomic mass is 10.1. The summed E-state index contributed by atoms with van der Waals surface area (Å²) in [5, 5.41) is 8.90. The molecule has 1 fully saturated rings. The van der Waals surface area contributed by atoms with Crippen molar-refractivity contribution in [1.29, 1.82) is 5.26 Å². The highest BCUT2D eigenvalue weighted by Gasteiger charge is 2.18. The molecule has 0 bridgehead atoms. The molecule has 0 N–H and O–H groups in total. The van der Waals surface area contributed by atoms with E-state index in [0.717, 1.165) is 50.8 Å². The Bertz CT molecular complexity index is 519. The maximum atomic E-state index is 8.90. The van der Waals surface area contributed by atoms with E-state index in [4.69, 9.17) is 14.7 Å². The fourth-order valence-corrected chi connectivity index (χ4v) is 2.80. The highest BCUT2D eigenvalue weighted by atomic mass is 16.5. The number of methoxy groups -OCH3 is 2. The van der Waals surface area contributed by atoms with Crippen LogP contribution >= 0.6 is 0 Å². The molecule has 0 aliphatic carbocycles. The standard InChI is InChI=1S/C17H25N3O2/c1-14(11-18)12-19-6-8-20(9-7-19)13-15-4-5-16(21-2)17(10-15)22-3/h4-5,10,14H,6-9,12-13H2,1-3H3/t14-/m1/s1. The molecule has 0 aromatic heterocycles. The quantitative estimate of drug-likeness (QED) is 0.804. The second kappa shape index (κ2) is 8.02. The maximum absolute atomic E-state index is 8.90. The molecule has 0 unspecified atom stereocenters. The lowest BCUT2D eigenvalue weighted by Gasteiger charge is -2.35. The third-order valence-corrected chi connectivity index (χ3v) is 4.07.